The molecule has 114 valence electrons. The molecule has 3 heteroatoms. The molecule has 3 nitrogen and oxygen atoms in total. The SMILES string of the molecule is CCCNCCCCCOc1cccc2ccc(C)nc12. The molecule has 2 aromatic rings. The molecule has 0 bridgehead atoms. The third-order valence-electron chi connectivity index (χ3n) is 3.50. The minimum Gasteiger partial charge on any atom is -0.491 e. The van der Waals surface area contributed by atoms with Crippen molar-refractivity contribution in [2.24, 2.45) is 0 Å². The van der Waals surface area contributed by atoms with Crippen LogP contribution >= 0.6 is 0 Å². The molecule has 21 heavy (non-hydrogen) atoms. The zero-order valence-corrected chi connectivity index (χ0v) is 13.2. The van der Waals surface area contributed by atoms with Gasteiger partial charge in [0.15, 0.2) is 0 Å². The summed E-state index contributed by atoms with van der Waals surface area (Å²) < 4.78 is 5.92. The van der Waals surface area contributed by atoms with Crippen molar-refractivity contribution in [3.8, 4) is 5.75 Å². The van der Waals surface area contributed by atoms with Crippen LogP contribution in [0.5, 0.6) is 5.75 Å². The molecule has 1 heterocycles. The lowest BCUT2D eigenvalue weighted by Crippen LogP contribution is -2.15. The van der Waals surface area contributed by atoms with Gasteiger partial charge in [0.1, 0.15) is 11.3 Å². The molecule has 1 aromatic carbocycles. The van der Waals surface area contributed by atoms with E-state index in [1.54, 1.807) is 0 Å². The Bertz CT molecular complexity index is 554. The van der Waals surface area contributed by atoms with Crippen molar-refractivity contribution < 1.29 is 4.74 Å². The molecule has 1 N–H and O–H groups in total. The Morgan fingerprint density at radius 3 is 2.81 bits per heavy atom. The van der Waals surface area contributed by atoms with E-state index in [1.165, 1.54) is 19.3 Å². The van der Waals surface area contributed by atoms with E-state index in [0.29, 0.717) is 0 Å². The molecule has 0 aliphatic carbocycles. The number of ether oxygens (including phenoxy) is 1. The lowest BCUT2D eigenvalue weighted by atomic mass is 10.2. The number of para-hydroxylation sites is 1. The summed E-state index contributed by atoms with van der Waals surface area (Å²) in [6.07, 6.45) is 4.72. The van der Waals surface area contributed by atoms with Gasteiger partial charge in [0, 0.05) is 11.1 Å². The molecule has 0 aliphatic heterocycles. The fourth-order valence-electron chi connectivity index (χ4n) is 2.35. The fourth-order valence-corrected chi connectivity index (χ4v) is 2.35. The first-order valence-corrected chi connectivity index (χ1v) is 8.01. The first kappa shape index (κ1) is 15.8. The molecule has 0 amide bonds. The predicted molar refractivity (Wildman–Crippen MR) is 89.0 cm³/mol. The molecule has 0 aliphatic rings. The summed E-state index contributed by atoms with van der Waals surface area (Å²) in [6, 6.07) is 10.3. The Hall–Kier alpha value is -1.61. The Balaban J connectivity index is 1.77. The monoisotopic (exact) mass is 286 g/mol. The van der Waals surface area contributed by atoms with Gasteiger partial charge in [-0.1, -0.05) is 25.1 Å². The maximum absolute atomic E-state index is 5.92. The standard InChI is InChI=1S/C18H26N2O/c1-3-12-19-13-5-4-6-14-21-17-9-7-8-16-11-10-15(2)20-18(16)17/h7-11,19H,3-6,12-14H2,1-2H3. The van der Waals surface area contributed by atoms with Crippen molar-refractivity contribution in [2.75, 3.05) is 19.7 Å². The second kappa shape index (κ2) is 8.63. The normalized spacial score (nSPS) is 11.0. The van der Waals surface area contributed by atoms with Gasteiger partial charge in [0.25, 0.3) is 0 Å². The molecule has 1 aromatic heterocycles. The molecule has 0 saturated heterocycles. The van der Waals surface area contributed by atoms with E-state index >= 15 is 0 Å². The minimum absolute atomic E-state index is 0.766. The van der Waals surface area contributed by atoms with Crippen LogP contribution in [0.15, 0.2) is 30.3 Å². The van der Waals surface area contributed by atoms with Gasteiger partial charge in [0.05, 0.1) is 6.61 Å². The van der Waals surface area contributed by atoms with Crippen LogP contribution in [0.3, 0.4) is 0 Å². The average molecular weight is 286 g/mol. The second-order valence-electron chi connectivity index (χ2n) is 5.44. The number of pyridine rings is 1. The van der Waals surface area contributed by atoms with Crippen molar-refractivity contribution >= 4 is 10.9 Å². The van der Waals surface area contributed by atoms with Crippen molar-refractivity contribution in [1.82, 2.24) is 10.3 Å². The molecule has 0 fully saturated rings. The average Bonchev–Trinajstić information content (AvgIpc) is 2.50. The van der Waals surface area contributed by atoms with Crippen LogP contribution < -0.4 is 10.1 Å². The van der Waals surface area contributed by atoms with Crippen molar-refractivity contribution in [3.05, 3.63) is 36.0 Å². The van der Waals surface area contributed by atoms with E-state index in [0.717, 1.165) is 48.5 Å². The van der Waals surface area contributed by atoms with Crippen LogP contribution in [0.4, 0.5) is 0 Å². The Labute approximate surface area is 127 Å². The number of aromatic nitrogens is 1. The Kier molecular flexibility index (Phi) is 6.48. The zero-order valence-electron chi connectivity index (χ0n) is 13.2. The first-order valence-electron chi connectivity index (χ1n) is 8.01. The van der Waals surface area contributed by atoms with Gasteiger partial charge >= 0.3 is 0 Å². The summed E-state index contributed by atoms with van der Waals surface area (Å²) in [5.74, 6) is 0.903. The lowest BCUT2D eigenvalue weighted by Gasteiger charge is -2.09. The molecule has 0 radical (unpaired) electrons. The third-order valence-corrected chi connectivity index (χ3v) is 3.50. The van der Waals surface area contributed by atoms with E-state index in [4.69, 9.17) is 4.74 Å². The molecular weight excluding hydrogens is 260 g/mol. The number of benzene rings is 1. The van der Waals surface area contributed by atoms with E-state index in [1.807, 2.05) is 25.1 Å². The molecule has 0 saturated carbocycles. The highest BCUT2D eigenvalue weighted by molar-refractivity contribution is 5.84. The summed E-state index contributed by atoms with van der Waals surface area (Å²) in [4.78, 5) is 4.59. The number of unbranched alkanes of at least 4 members (excludes halogenated alkanes) is 2. The van der Waals surface area contributed by atoms with Gasteiger partial charge in [-0.25, -0.2) is 4.98 Å². The first-order chi connectivity index (χ1) is 10.3. The van der Waals surface area contributed by atoms with E-state index < -0.39 is 0 Å². The highest BCUT2D eigenvalue weighted by atomic mass is 16.5. The van der Waals surface area contributed by atoms with Crippen LogP contribution in [0, 0.1) is 6.92 Å². The Morgan fingerprint density at radius 2 is 1.95 bits per heavy atom. The minimum atomic E-state index is 0.766. The van der Waals surface area contributed by atoms with Crippen molar-refractivity contribution in [1.29, 1.82) is 0 Å². The van der Waals surface area contributed by atoms with Crippen LogP contribution in [-0.4, -0.2) is 24.7 Å². The third kappa shape index (κ3) is 5.01. The topological polar surface area (TPSA) is 34.1 Å². The zero-order chi connectivity index (χ0) is 14.9. The fraction of sp³-hybridized carbons (Fsp3) is 0.500. The summed E-state index contributed by atoms with van der Waals surface area (Å²) in [5, 5.41) is 4.56. The number of rotatable bonds is 9. The maximum Gasteiger partial charge on any atom is 0.145 e. The number of hydrogen-bond acceptors (Lipinski definition) is 3. The van der Waals surface area contributed by atoms with Crippen LogP contribution in [0.25, 0.3) is 10.9 Å². The van der Waals surface area contributed by atoms with Crippen molar-refractivity contribution in [3.63, 3.8) is 0 Å². The number of nitrogens with one attached hydrogen (secondary N) is 1. The second-order valence-corrected chi connectivity index (χ2v) is 5.44. The number of hydrogen-bond donors (Lipinski definition) is 1. The van der Waals surface area contributed by atoms with Crippen LogP contribution in [-0.2, 0) is 0 Å². The molecule has 2 rings (SSSR count). The summed E-state index contributed by atoms with van der Waals surface area (Å²) >= 11 is 0. The van der Waals surface area contributed by atoms with E-state index in [-0.39, 0.29) is 0 Å². The molecule has 0 spiro atoms. The number of nitrogens with zero attached hydrogens (tertiary/aromatic N) is 1. The summed E-state index contributed by atoms with van der Waals surface area (Å²) in [6.45, 7) is 7.21. The van der Waals surface area contributed by atoms with E-state index in [2.05, 4.69) is 29.4 Å². The molecular formula is C18H26N2O. The maximum atomic E-state index is 5.92. The highest BCUT2D eigenvalue weighted by Crippen LogP contribution is 2.24. The van der Waals surface area contributed by atoms with Crippen LogP contribution in [0.2, 0.25) is 0 Å². The van der Waals surface area contributed by atoms with Gasteiger partial charge in [-0.05, 0) is 57.8 Å². The van der Waals surface area contributed by atoms with Gasteiger partial charge in [0.2, 0.25) is 0 Å². The molecule has 0 unspecified atom stereocenters. The van der Waals surface area contributed by atoms with Crippen LogP contribution in [0.1, 0.15) is 38.3 Å². The lowest BCUT2D eigenvalue weighted by molar-refractivity contribution is 0.308. The summed E-state index contributed by atoms with van der Waals surface area (Å²) in [5.41, 5.74) is 2.00. The summed E-state index contributed by atoms with van der Waals surface area (Å²) in [7, 11) is 0. The van der Waals surface area contributed by atoms with Gasteiger partial charge in [-0.2, -0.15) is 0 Å². The van der Waals surface area contributed by atoms with Crippen molar-refractivity contribution in [2.45, 2.75) is 39.5 Å². The number of aryl methyl sites for hydroxylation is 1. The molecule has 0 atom stereocenters. The van der Waals surface area contributed by atoms with Gasteiger partial charge < -0.3 is 10.1 Å². The number of fused-ring (bicyclic) bond motifs is 1. The van der Waals surface area contributed by atoms with Gasteiger partial charge in [-0.3, -0.25) is 0 Å². The Morgan fingerprint density at radius 1 is 1.05 bits per heavy atom. The van der Waals surface area contributed by atoms with E-state index in [9.17, 15) is 0 Å². The van der Waals surface area contributed by atoms with Gasteiger partial charge in [-0.15, -0.1) is 0 Å². The predicted octanol–water partition coefficient (Wildman–Crippen LogP) is 4.09. The highest BCUT2D eigenvalue weighted by Gasteiger charge is 2.03. The quantitative estimate of drug-likeness (QED) is 0.705. The largest absolute Gasteiger partial charge is 0.491 e. The smallest absolute Gasteiger partial charge is 0.145 e.